The topological polar surface area (TPSA) is 190 Å². The molecule has 14 heteroatoms. The molecule has 1 spiro atoms. The Balaban J connectivity index is 0.954. The fourth-order valence-corrected chi connectivity index (χ4v) is 9.97. The van der Waals surface area contributed by atoms with Crippen LogP contribution in [-0.4, -0.2) is 82.3 Å². The van der Waals surface area contributed by atoms with Crippen LogP contribution >= 0.6 is 0 Å². The highest BCUT2D eigenvalue weighted by molar-refractivity contribution is 5.88. The van der Waals surface area contributed by atoms with Gasteiger partial charge in [-0.05, 0) is 115 Å². The number of nitrogen functional groups attached to an aromatic ring is 1. The van der Waals surface area contributed by atoms with Gasteiger partial charge < -0.3 is 45.0 Å². The molecular weight excluding hydrogens is 787 g/mol. The molecule has 8 heterocycles. The number of epoxide rings is 1. The first kappa shape index (κ1) is 41.6. The number of phenolic OH excluding ortho intramolecular Hbond substituents is 1. The van der Waals surface area contributed by atoms with Gasteiger partial charge in [-0.25, -0.2) is 14.8 Å². The Labute approximate surface area is 361 Å². The van der Waals surface area contributed by atoms with Crippen molar-refractivity contribution >= 4 is 34.8 Å². The molecule has 62 heavy (non-hydrogen) atoms. The number of hydrogen-bond donors (Lipinski definition) is 4. The van der Waals surface area contributed by atoms with Crippen LogP contribution in [0.5, 0.6) is 11.5 Å². The molecule has 0 saturated carbocycles. The van der Waals surface area contributed by atoms with E-state index in [4.69, 9.17) is 34.3 Å². The maximum absolute atomic E-state index is 14.5. The predicted molar refractivity (Wildman–Crippen MR) is 238 cm³/mol. The highest BCUT2D eigenvalue weighted by Gasteiger charge is 2.65. The lowest BCUT2D eigenvalue weighted by Crippen LogP contribution is -2.52. The van der Waals surface area contributed by atoms with Crippen molar-refractivity contribution in [3.8, 4) is 22.8 Å². The fourth-order valence-electron chi connectivity index (χ4n) is 9.97. The molecule has 2 saturated heterocycles. The van der Waals surface area contributed by atoms with Gasteiger partial charge in [-0.15, -0.1) is 0 Å². The third kappa shape index (κ3) is 8.06. The van der Waals surface area contributed by atoms with Crippen molar-refractivity contribution < 1.29 is 28.5 Å². The van der Waals surface area contributed by atoms with E-state index < -0.39 is 29.2 Å². The summed E-state index contributed by atoms with van der Waals surface area (Å²) in [6.07, 6.45) is 11.1. The van der Waals surface area contributed by atoms with Crippen LogP contribution in [0.15, 0.2) is 74.1 Å². The molecule has 0 amide bonds. The largest absolute Gasteiger partial charge is 0.507 e. The molecule has 0 radical (unpaired) electrons. The van der Waals surface area contributed by atoms with Gasteiger partial charge in [-0.3, -0.25) is 9.79 Å². The number of carbonyl (C=O) groups is 1. The summed E-state index contributed by atoms with van der Waals surface area (Å²) in [5, 5.41) is 18.7. The van der Waals surface area contributed by atoms with Crippen molar-refractivity contribution in [1.82, 2.24) is 20.2 Å². The van der Waals surface area contributed by atoms with Crippen LogP contribution in [0.25, 0.3) is 22.2 Å². The number of pyridine rings is 2. The molecule has 5 aliphatic heterocycles. The summed E-state index contributed by atoms with van der Waals surface area (Å²) >= 11 is 0. The Morgan fingerprint density at radius 2 is 1.94 bits per heavy atom. The monoisotopic (exact) mass is 843 g/mol. The maximum Gasteiger partial charge on any atom is 0.341 e. The number of esters is 1. The molecule has 0 aliphatic carbocycles. The van der Waals surface area contributed by atoms with Gasteiger partial charge in [0.15, 0.2) is 11.0 Å². The van der Waals surface area contributed by atoms with E-state index in [1.807, 2.05) is 39.2 Å². The highest BCUT2D eigenvalue weighted by atomic mass is 16.7. The Morgan fingerprint density at radius 1 is 1.08 bits per heavy atom. The molecule has 326 valence electrons. The number of nitrogens with one attached hydrogen (secondary N) is 2. The smallest absolute Gasteiger partial charge is 0.341 e. The van der Waals surface area contributed by atoms with Gasteiger partial charge in [0.1, 0.15) is 51.6 Å². The van der Waals surface area contributed by atoms with Crippen LogP contribution in [-0.2, 0) is 27.2 Å². The van der Waals surface area contributed by atoms with Gasteiger partial charge in [-0.1, -0.05) is 19.8 Å². The minimum atomic E-state index is -1.12. The summed E-state index contributed by atoms with van der Waals surface area (Å²) in [5.74, 6) is 1.08. The molecule has 2 fully saturated rings. The average Bonchev–Trinajstić information content (AvgIpc) is 3.52. The quantitative estimate of drug-likeness (QED) is 0.0608. The number of nitrogens with zero attached hydrogens (tertiary/aromatic N) is 4. The number of hydrogen-bond acceptors (Lipinski definition) is 14. The highest BCUT2D eigenvalue weighted by Crippen LogP contribution is 2.54. The molecule has 4 aromatic rings. The van der Waals surface area contributed by atoms with E-state index in [9.17, 15) is 14.7 Å². The second kappa shape index (κ2) is 16.5. The number of phenols is 1. The Morgan fingerprint density at radius 3 is 2.74 bits per heavy atom. The number of fused-ring (bicyclic) bond motifs is 5. The average molecular weight is 844 g/mol. The zero-order chi connectivity index (χ0) is 43.3. The number of aromatic nitrogens is 2. The summed E-state index contributed by atoms with van der Waals surface area (Å²) in [7, 11) is 1.91. The summed E-state index contributed by atoms with van der Waals surface area (Å²) in [6, 6.07) is 11.1. The molecule has 5 atom stereocenters. The number of anilines is 2. The number of aryl methyl sites for hydroxylation is 2. The summed E-state index contributed by atoms with van der Waals surface area (Å²) in [4.78, 5) is 44.1. The number of allylic oxidation sites excluding steroid dienone is 1. The van der Waals surface area contributed by atoms with Crippen LogP contribution in [0.3, 0.4) is 0 Å². The van der Waals surface area contributed by atoms with Crippen molar-refractivity contribution in [3.63, 3.8) is 0 Å². The molecule has 9 rings (SSSR count). The van der Waals surface area contributed by atoms with Crippen molar-refractivity contribution in [2.75, 3.05) is 37.7 Å². The lowest BCUT2D eigenvalue weighted by atomic mass is 9.75. The van der Waals surface area contributed by atoms with E-state index in [-0.39, 0.29) is 34.2 Å². The van der Waals surface area contributed by atoms with Gasteiger partial charge in [0.05, 0.1) is 29.7 Å². The maximum atomic E-state index is 14.5. The van der Waals surface area contributed by atoms with E-state index in [1.165, 1.54) is 11.6 Å². The minimum absolute atomic E-state index is 0.0918. The fraction of sp³-hybridized carbons (Fsp3) is 0.479. The van der Waals surface area contributed by atoms with E-state index in [0.717, 1.165) is 66.4 Å². The van der Waals surface area contributed by atoms with Crippen LogP contribution in [0, 0.1) is 12.8 Å². The normalized spacial score (nSPS) is 24.6. The number of benzene rings is 1. The van der Waals surface area contributed by atoms with Crippen molar-refractivity contribution in [2.45, 2.75) is 115 Å². The Hall–Kier alpha value is -5.73. The molecule has 14 nitrogen and oxygen atoms in total. The van der Waals surface area contributed by atoms with E-state index in [0.29, 0.717) is 68.1 Å². The molecule has 0 unspecified atom stereocenters. The summed E-state index contributed by atoms with van der Waals surface area (Å²) < 4.78 is 25.3. The Kier molecular flexibility index (Phi) is 11.1. The van der Waals surface area contributed by atoms with E-state index in [2.05, 4.69) is 51.9 Å². The zero-order valence-corrected chi connectivity index (χ0v) is 36.3. The first-order valence-electron chi connectivity index (χ1n) is 22.1. The number of unbranched alkanes of at least 4 members (excludes halogenated alkanes) is 2. The van der Waals surface area contributed by atoms with Gasteiger partial charge in [-0.2, -0.15) is 0 Å². The summed E-state index contributed by atoms with van der Waals surface area (Å²) in [6.45, 7) is 10.6. The molecule has 0 bridgehead atoms. The Bertz CT molecular complexity index is 2560. The van der Waals surface area contributed by atoms with Crippen LogP contribution < -0.4 is 26.5 Å². The van der Waals surface area contributed by atoms with Crippen LogP contribution in [0.2, 0.25) is 0 Å². The molecule has 5 N–H and O–H groups in total. The van der Waals surface area contributed by atoms with Crippen molar-refractivity contribution in [2.24, 2.45) is 10.9 Å². The second-order valence-corrected chi connectivity index (χ2v) is 18.1. The van der Waals surface area contributed by atoms with Gasteiger partial charge >= 0.3 is 5.97 Å². The third-order valence-corrected chi connectivity index (χ3v) is 13.0. The first-order chi connectivity index (χ1) is 29.8. The zero-order valence-electron chi connectivity index (χ0n) is 36.3. The number of aromatic hydroxyl groups is 1. The second-order valence-electron chi connectivity index (χ2n) is 18.1. The molecular formula is C48H57N7O7. The van der Waals surface area contributed by atoms with Gasteiger partial charge in [0.25, 0.3) is 0 Å². The lowest BCUT2D eigenvalue weighted by Gasteiger charge is -2.45. The number of nitrogens with two attached hydrogens (primary N) is 1. The van der Waals surface area contributed by atoms with E-state index in [1.54, 1.807) is 13.0 Å². The predicted octanol–water partition coefficient (Wildman–Crippen LogP) is 7.07. The number of rotatable bonds is 13. The standard InChI is InChI=1S/C48H57N7O7/c1-6-7-8-14-52-41-21-31(20-32(53-41)25-55-24-30-12-15-51-35(30)26-55)34-18-28(19-40(49)54-34)9-10-39-48(62-39)13-11-29(23-50-5)17-33-42-38(61-47(3,4)45(33)60-46(48)58)22-37-43(44(42)57)36(56)16-27(2)59-37/h12,15-16,18-22,26,29,33,39,45,50,57H,6-11,13-14,17,23-25H2,1-5H3,(H2,49,54)(H,52,53)/t29-,33-,39-,45-,48-/m1/s1. The summed E-state index contributed by atoms with van der Waals surface area (Å²) in [5.41, 5.74) is 10.6. The number of ether oxygens (including phenoxy) is 3. The first-order valence-corrected chi connectivity index (χ1v) is 22.1. The molecule has 1 aromatic carbocycles. The van der Waals surface area contributed by atoms with Crippen molar-refractivity contribution in [3.05, 3.63) is 92.7 Å². The van der Waals surface area contributed by atoms with Crippen LogP contribution in [0.1, 0.15) is 94.2 Å². The van der Waals surface area contributed by atoms with Crippen LogP contribution in [0.4, 0.5) is 11.6 Å². The van der Waals surface area contributed by atoms with E-state index >= 15 is 0 Å². The number of aliphatic imine (C=N–C) groups is 1. The number of carbonyl (C=O) groups excluding carboxylic acids is 1. The van der Waals surface area contributed by atoms with Crippen molar-refractivity contribution in [1.29, 1.82) is 0 Å². The minimum Gasteiger partial charge on any atom is -0.507 e. The van der Waals surface area contributed by atoms with Gasteiger partial charge in [0.2, 0.25) is 0 Å². The SMILES string of the molecule is CCCCCNc1cc(-c2cc(CC[C@H]3O[C@]34CC[C@@H](CNC)C[C@@H]3c5c(cc6oc(C)cc(=O)c6c5O)OC(C)(C)[C@@H]3OC4=O)cc(N)n2)cc(CN2C=C3N=CC=C3C2)n1. The molecule has 5 aliphatic rings. The van der Waals surface area contributed by atoms with Gasteiger partial charge in [0, 0.05) is 60.3 Å². The lowest BCUT2D eigenvalue weighted by molar-refractivity contribution is -0.170. The molecule has 3 aromatic heterocycles. The third-order valence-electron chi connectivity index (χ3n) is 13.0.